The molecule has 150 valence electrons. The van der Waals surface area contributed by atoms with Gasteiger partial charge in [-0.05, 0) is 17.7 Å². The number of amides is 1. The van der Waals surface area contributed by atoms with E-state index in [0.29, 0.717) is 18.8 Å². The Labute approximate surface area is 174 Å². The summed E-state index contributed by atoms with van der Waals surface area (Å²) in [5, 5.41) is -0.155. The molecule has 1 aliphatic rings. The third-order valence-corrected chi connectivity index (χ3v) is 5.35. The molecular formula is C20H22N6O2S. The minimum absolute atomic E-state index is 0.155. The molecule has 3 heterocycles. The maximum atomic E-state index is 12.5. The van der Waals surface area contributed by atoms with Crippen LogP contribution in [0.15, 0.2) is 55.2 Å². The number of carbonyl (C=O) groups is 1. The van der Waals surface area contributed by atoms with E-state index in [-0.39, 0.29) is 11.3 Å². The fourth-order valence-corrected chi connectivity index (χ4v) is 3.51. The Bertz CT molecular complexity index is 912. The normalized spacial score (nSPS) is 15.8. The molecule has 8 nitrogen and oxygen atoms in total. The molecule has 0 radical (unpaired) electrons. The van der Waals surface area contributed by atoms with E-state index >= 15 is 0 Å². The highest BCUT2D eigenvalue weighted by Gasteiger charge is 2.23. The lowest BCUT2D eigenvalue weighted by Crippen LogP contribution is -2.49. The van der Waals surface area contributed by atoms with Crippen molar-refractivity contribution in [1.82, 2.24) is 29.7 Å². The molecule has 2 aromatic heterocycles. The molecular weight excluding hydrogens is 388 g/mol. The molecule has 0 saturated carbocycles. The van der Waals surface area contributed by atoms with Crippen molar-refractivity contribution in [1.29, 1.82) is 0 Å². The summed E-state index contributed by atoms with van der Waals surface area (Å²) in [5.41, 5.74) is 1.90. The van der Waals surface area contributed by atoms with Gasteiger partial charge in [-0.2, -0.15) is 12.6 Å². The number of imidazole rings is 1. The van der Waals surface area contributed by atoms with Gasteiger partial charge in [0.25, 0.3) is 0 Å². The first kappa shape index (κ1) is 19.4. The maximum absolute atomic E-state index is 12.5. The molecule has 1 N–H and O–H groups in total. The van der Waals surface area contributed by atoms with Crippen LogP contribution in [0.1, 0.15) is 22.3 Å². The summed E-state index contributed by atoms with van der Waals surface area (Å²) in [6, 6.07) is 7.34. The van der Waals surface area contributed by atoms with E-state index in [4.69, 9.17) is 4.74 Å². The molecule has 1 fully saturated rings. The van der Waals surface area contributed by atoms with Crippen molar-refractivity contribution in [2.45, 2.75) is 11.8 Å². The number of thiol groups is 1. The van der Waals surface area contributed by atoms with Crippen molar-refractivity contribution in [2.75, 3.05) is 26.2 Å². The van der Waals surface area contributed by atoms with Crippen molar-refractivity contribution in [3.63, 3.8) is 0 Å². The summed E-state index contributed by atoms with van der Waals surface area (Å²) >= 11 is 4.58. The van der Waals surface area contributed by atoms with E-state index in [9.17, 15) is 4.79 Å². The highest BCUT2D eigenvalue weighted by Crippen LogP contribution is 2.27. The van der Waals surface area contributed by atoms with Crippen molar-refractivity contribution >= 4 is 18.7 Å². The van der Waals surface area contributed by atoms with Gasteiger partial charge in [0.15, 0.2) is 0 Å². The smallest absolute Gasteiger partial charge is 0.410 e. The lowest BCUT2D eigenvalue weighted by molar-refractivity contribution is 0.107. The number of aromatic amines is 1. The van der Waals surface area contributed by atoms with E-state index in [1.165, 1.54) is 0 Å². The largest absolute Gasteiger partial charge is 0.415 e. The number of carbonyl (C=O) groups excluding carboxylic acids is 1. The first-order chi connectivity index (χ1) is 14.2. The second-order valence-corrected chi connectivity index (χ2v) is 7.29. The average molecular weight is 411 g/mol. The Morgan fingerprint density at radius 3 is 2.55 bits per heavy atom. The Hall–Kier alpha value is -2.91. The van der Waals surface area contributed by atoms with Crippen molar-refractivity contribution in [2.24, 2.45) is 0 Å². The van der Waals surface area contributed by atoms with Crippen LogP contribution in [-0.2, 0) is 6.54 Å². The fourth-order valence-electron chi connectivity index (χ4n) is 3.20. The lowest BCUT2D eigenvalue weighted by Gasteiger charge is -2.33. The van der Waals surface area contributed by atoms with E-state index < -0.39 is 0 Å². The third kappa shape index (κ3) is 4.93. The molecule has 1 aliphatic heterocycles. The molecule has 0 bridgehead atoms. The van der Waals surface area contributed by atoms with Gasteiger partial charge in [-0.15, -0.1) is 0 Å². The van der Waals surface area contributed by atoms with Crippen LogP contribution >= 0.6 is 12.6 Å². The maximum Gasteiger partial charge on any atom is 0.415 e. The number of piperazine rings is 1. The first-order valence-corrected chi connectivity index (χ1v) is 9.92. The number of rotatable bonds is 5. The van der Waals surface area contributed by atoms with Crippen LogP contribution in [0.4, 0.5) is 4.79 Å². The van der Waals surface area contributed by atoms with Crippen LogP contribution in [0.5, 0.6) is 5.75 Å². The number of nitrogens with zero attached hydrogens (tertiary/aromatic N) is 5. The zero-order chi connectivity index (χ0) is 20.1. The van der Waals surface area contributed by atoms with Gasteiger partial charge in [-0.25, -0.2) is 9.78 Å². The molecule has 9 heteroatoms. The zero-order valence-electron chi connectivity index (χ0n) is 15.8. The van der Waals surface area contributed by atoms with Gasteiger partial charge in [-0.3, -0.25) is 14.9 Å². The van der Waals surface area contributed by atoms with E-state index in [0.717, 1.165) is 36.7 Å². The van der Waals surface area contributed by atoms with Crippen molar-refractivity contribution < 1.29 is 9.53 Å². The molecule has 1 unspecified atom stereocenters. The summed E-state index contributed by atoms with van der Waals surface area (Å²) in [7, 11) is 0. The van der Waals surface area contributed by atoms with Crippen LogP contribution in [0.25, 0.3) is 0 Å². The van der Waals surface area contributed by atoms with Crippen LogP contribution in [0, 0.1) is 0 Å². The number of hydrogen-bond acceptors (Lipinski definition) is 7. The minimum Gasteiger partial charge on any atom is -0.410 e. The van der Waals surface area contributed by atoms with Crippen LogP contribution < -0.4 is 4.74 Å². The molecule has 3 aromatic rings. The summed E-state index contributed by atoms with van der Waals surface area (Å²) < 4.78 is 5.53. The molecule has 0 spiro atoms. The van der Waals surface area contributed by atoms with Crippen LogP contribution in [-0.4, -0.2) is 62.0 Å². The van der Waals surface area contributed by atoms with Gasteiger partial charge < -0.3 is 14.6 Å². The van der Waals surface area contributed by atoms with Gasteiger partial charge in [0.1, 0.15) is 11.6 Å². The van der Waals surface area contributed by atoms with Gasteiger partial charge in [0, 0.05) is 63.7 Å². The average Bonchev–Trinajstić information content (AvgIpc) is 3.30. The summed E-state index contributed by atoms with van der Waals surface area (Å²) in [6.45, 7) is 3.52. The second kappa shape index (κ2) is 9.06. The molecule has 1 atom stereocenters. The van der Waals surface area contributed by atoms with Gasteiger partial charge >= 0.3 is 6.09 Å². The topological polar surface area (TPSA) is 87.2 Å². The van der Waals surface area contributed by atoms with Crippen molar-refractivity contribution in [3.8, 4) is 5.75 Å². The Balaban J connectivity index is 1.27. The predicted octanol–water partition coefficient (Wildman–Crippen LogP) is 2.54. The highest BCUT2D eigenvalue weighted by atomic mass is 32.1. The van der Waals surface area contributed by atoms with Crippen LogP contribution in [0.2, 0.25) is 0 Å². The molecule has 29 heavy (non-hydrogen) atoms. The molecule has 1 amide bonds. The molecule has 4 rings (SSSR count). The number of hydrogen-bond donors (Lipinski definition) is 2. The third-order valence-electron chi connectivity index (χ3n) is 4.81. The van der Waals surface area contributed by atoms with Crippen LogP contribution in [0.3, 0.4) is 0 Å². The number of H-pyrrole nitrogens is 1. The number of ether oxygens (including phenoxy) is 1. The SMILES string of the molecule is O=C(Oc1ccc(C(S)c2ncc[nH]2)cc1)N1CCN(Cc2cnccn2)CC1. The summed E-state index contributed by atoms with van der Waals surface area (Å²) in [4.78, 5) is 32.1. The van der Waals surface area contributed by atoms with Crippen molar-refractivity contribution in [3.05, 3.63) is 72.3 Å². The molecule has 1 aromatic carbocycles. The molecule has 1 saturated heterocycles. The minimum atomic E-state index is -0.328. The Morgan fingerprint density at radius 1 is 1.10 bits per heavy atom. The second-order valence-electron chi connectivity index (χ2n) is 6.77. The van der Waals surface area contributed by atoms with Gasteiger partial charge in [0.2, 0.25) is 0 Å². The molecule has 0 aliphatic carbocycles. The Kier molecular flexibility index (Phi) is 6.06. The number of benzene rings is 1. The number of nitrogens with one attached hydrogen (secondary N) is 1. The number of aromatic nitrogens is 4. The summed E-state index contributed by atoms with van der Waals surface area (Å²) in [6.07, 6.45) is 8.26. The van der Waals surface area contributed by atoms with E-state index in [1.807, 2.05) is 12.1 Å². The van der Waals surface area contributed by atoms with E-state index in [1.54, 1.807) is 48.0 Å². The zero-order valence-corrected chi connectivity index (χ0v) is 16.7. The standard InChI is InChI=1S/C20H22N6O2S/c27-20(26-11-9-25(10-12-26)14-16-13-21-5-6-22-16)28-17-3-1-15(2-4-17)18(29)19-23-7-8-24-19/h1-8,13,18,29H,9-12,14H2,(H,23,24). The van der Waals surface area contributed by atoms with Gasteiger partial charge in [-0.1, -0.05) is 12.1 Å². The first-order valence-electron chi connectivity index (χ1n) is 9.40. The van der Waals surface area contributed by atoms with Gasteiger partial charge in [0.05, 0.1) is 10.9 Å². The van der Waals surface area contributed by atoms with E-state index in [2.05, 4.69) is 37.5 Å². The quantitative estimate of drug-likeness (QED) is 0.629. The summed E-state index contributed by atoms with van der Waals surface area (Å²) in [5.74, 6) is 1.29. The Morgan fingerprint density at radius 2 is 1.90 bits per heavy atom. The predicted molar refractivity (Wildman–Crippen MR) is 111 cm³/mol. The monoisotopic (exact) mass is 410 g/mol. The highest BCUT2D eigenvalue weighted by molar-refractivity contribution is 7.80. The fraction of sp³-hybridized carbons (Fsp3) is 0.300. The lowest BCUT2D eigenvalue weighted by atomic mass is 10.1.